The zero-order chi connectivity index (χ0) is 42.2. The van der Waals surface area contributed by atoms with Gasteiger partial charge in [0.15, 0.2) is 0 Å². The van der Waals surface area contributed by atoms with Crippen molar-refractivity contribution in [1.29, 1.82) is 0 Å². The third-order valence-corrected chi connectivity index (χ3v) is 14.3. The van der Waals surface area contributed by atoms with Crippen molar-refractivity contribution in [2.45, 2.75) is 10.8 Å². The highest BCUT2D eigenvalue weighted by Gasteiger charge is 2.47. The van der Waals surface area contributed by atoms with Gasteiger partial charge in [0.1, 0.15) is 0 Å². The van der Waals surface area contributed by atoms with E-state index in [1.165, 1.54) is 105 Å². The number of benzene rings is 10. The summed E-state index contributed by atoms with van der Waals surface area (Å²) in [4.78, 5) is 4.86. The molecule has 10 aromatic carbocycles. The highest BCUT2D eigenvalue weighted by Crippen LogP contribution is 2.59. The molecule has 1 nitrogen and oxygen atoms in total. The van der Waals surface area contributed by atoms with Crippen molar-refractivity contribution >= 4 is 21.5 Å². The van der Waals surface area contributed by atoms with Gasteiger partial charge in [-0.3, -0.25) is 4.98 Å². The van der Waals surface area contributed by atoms with Crippen molar-refractivity contribution in [3.05, 3.63) is 293 Å². The molecular weight excluding hydrogens is 771 g/mol. The van der Waals surface area contributed by atoms with E-state index in [1.54, 1.807) is 0 Å². The van der Waals surface area contributed by atoms with Crippen molar-refractivity contribution in [2.24, 2.45) is 0 Å². The molecule has 64 heavy (non-hydrogen) atoms. The molecule has 0 saturated heterocycles. The number of hydrogen-bond donors (Lipinski definition) is 0. The number of rotatable bonds is 6. The number of hydrogen-bond acceptors (Lipinski definition) is 1. The highest BCUT2D eigenvalue weighted by atomic mass is 14.6. The van der Waals surface area contributed by atoms with Crippen LogP contribution in [-0.4, -0.2) is 4.98 Å². The lowest BCUT2D eigenvalue weighted by Crippen LogP contribution is -2.28. The van der Waals surface area contributed by atoms with E-state index in [9.17, 15) is 0 Å². The van der Waals surface area contributed by atoms with Crippen LogP contribution in [0.25, 0.3) is 66.1 Å². The standard InChI is InChI=1S/C63H41N/c1-5-19-44(20-6-1)62(45-21-7-2-8-22-45)56-31-17-15-27-48(56)50-35-33-42(39-58(50)62)60-52-29-13-14-30-53(52)61(55-41-64-38-37-54(55)60)43-34-36-51-49-28-16-18-32-57(49)63(59(51)40-43,46-23-9-3-10-24-46)47-25-11-4-12-26-47/h1-41H. The van der Waals surface area contributed by atoms with E-state index < -0.39 is 10.8 Å². The minimum atomic E-state index is -0.500. The van der Waals surface area contributed by atoms with Crippen LogP contribution in [0.3, 0.4) is 0 Å². The number of pyridine rings is 1. The Balaban J connectivity index is 1.08. The number of aromatic nitrogens is 1. The minimum absolute atomic E-state index is 0.496. The van der Waals surface area contributed by atoms with Gasteiger partial charge in [-0.25, -0.2) is 0 Å². The monoisotopic (exact) mass is 811 g/mol. The van der Waals surface area contributed by atoms with E-state index in [1.807, 2.05) is 6.20 Å². The minimum Gasteiger partial charge on any atom is -0.264 e. The second kappa shape index (κ2) is 14.2. The van der Waals surface area contributed by atoms with Crippen LogP contribution in [0, 0.1) is 0 Å². The summed E-state index contributed by atoms with van der Waals surface area (Å²) in [5.74, 6) is 0. The van der Waals surface area contributed by atoms with Crippen LogP contribution in [0.4, 0.5) is 0 Å². The van der Waals surface area contributed by atoms with Crippen LogP contribution >= 0.6 is 0 Å². The van der Waals surface area contributed by atoms with Gasteiger partial charge in [0, 0.05) is 17.8 Å². The number of fused-ring (bicyclic) bond motifs is 8. The maximum atomic E-state index is 4.86. The fourth-order valence-electron chi connectivity index (χ4n) is 11.8. The number of nitrogens with zero attached hydrogens (tertiary/aromatic N) is 1. The fourth-order valence-corrected chi connectivity index (χ4v) is 11.8. The molecule has 0 radical (unpaired) electrons. The molecule has 0 unspecified atom stereocenters. The van der Waals surface area contributed by atoms with Crippen LogP contribution < -0.4 is 0 Å². The summed E-state index contributed by atoms with van der Waals surface area (Å²) in [7, 11) is 0. The van der Waals surface area contributed by atoms with Crippen LogP contribution in [-0.2, 0) is 10.8 Å². The molecule has 0 fully saturated rings. The zero-order valence-electron chi connectivity index (χ0n) is 35.1. The SMILES string of the molecule is c1ccc(C2(c3ccccc3)c3ccccc3-c3ccc(-c4c5ccccc5c(-c5ccc6c(c5)C(c5ccccc5)(c5ccccc5)c5ccccc5-6)c5cnccc45)cc32)cc1. The Morgan fingerprint density at radius 2 is 0.609 bits per heavy atom. The summed E-state index contributed by atoms with van der Waals surface area (Å²) >= 11 is 0. The van der Waals surface area contributed by atoms with Crippen molar-refractivity contribution in [2.75, 3.05) is 0 Å². The van der Waals surface area contributed by atoms with Crippen LogP contribution in [0.5, 0.6) is 0 Å². The first kappa shape index (κ1) is 36.5. The summed E-state index contributed by atoms with van der Waals surface area (Å²) in [6.45, 7) is 0. The summed E-state index contributed by atoms with van der Waals surface area (Å²) < 4.78 is 0. The third kappa shape index (κ3) is 4.98. The molecule has 0 bridgehead atoms. The van der Waals surface area contributed by atoms with Gasteiger partial charge in [0.25, 0.3) is 0 Å². The Morgan fingerprint density at radius 1 is 0.266 bits per heavy atom. The molecule has 2 aliphatic carbocycles. The van der Waals surface area contributed by atoms with E-state index >= 15 is 0 Å². The predicted molar refractivity (Wildman–Crippen MR) is 265 cm³/mol. The van der Waals surface area contributed by atoms with Crippen molar-refractivity contribution < 1.29 is 0 Å². The molecule has 1 heterocycles. The average Bonchev–Trinajstić information content (AvgIpc) is 3.84. The molecule has 1 aromatic heterocycles. The van der Waals surface area contributed by atoms with Crippen molar-refractivity contribution in [1.82, 2.24) is 4.98 Å². The fraction of sp³-hybridized carbons (Fsp3) is 0.0317. The molecule has 0 spiro atoms. The second-order valence-corrected chi connectivity index (χ2v) is 17.3. The first-order chi connectivity index (χ1) is 31.8. The van der Waals surface area contributed by atoms with Crippen molar-refractivity contribution in [3.8, 4) is 44.5 Å². The normalized spacial score (nSPS) is 13.9. The lowest BCUT2D eigenvalue weighted by atomic mass is 9.67. The lowest BCUT2D eigenvalue weighted by molar-refractivity contribution is 0.769. The molecule has 0 N–H and O–H groups in total. The Hall–Kier alpha value is -8.13. The maximum absolute atomic E-state index is 4.86. The van der Waals surface area contributed by atoms with Crippen LogP contribution in [0.1, 0.15) is 44.5 Å². The van der Waals surface area contributed by atoms with Gasteiger partial charge >= 0.3 is 0 Å². The quantitative estimate of drug-likeness (QED) is 0.152. The molecule has 13 rings (SSSR count). The smallest absolute Gasteiger partial charge is 0.0713 e. The Labute approximate surface area is 373 Å². The van der Waals surface area contributed by atoms with Gasteiger partial charge in [0.2, 0.25) is 0 Å². The molecule has 0 atom stereocenters. The zero-order valence-corrected chi connectivity index (χ0v) is 35.1. The summed E-state index contributed by atoms with van der Waals surface area (Å²) in [5, 5.41) is 4.75. The maximum Gasteiger partial charge on any atom is 0.0713 e. The molecule has 11 aromatic rings. The Morgan fingerprint density at radius 3 is 1.05 bits per heavy atom. The van der Waals surface area contributed by atoms with E-state index in [-0.39, 0.29) is 0 Å². The van der Waals surface area contributed by atoms with E-state index in [4.69, 9.17) is 4.98 Å². The van der Waals surface area contributed by atoms with E-state index in [0.717, 1.165) is 5.39 Å². The van der Waals surface area contributed by atoms with Gasteiger partial charge in [-0.1, -0.05) is 218 Å². The molecule has 2 aliphatic rings. The molecule has 1 heteroatoms. The van der Waals surface area contributed by atoms with Crippen LogP contribution in [0.15, 0.2) is 249 Å². The molecule has 298 valence electrons. The Kier molecular flexibility index (Phi) is 8.11. The van der Waals surface area contributed by atoms with Gasteiger partial charge in [-0.2, -0.15) is 0 Å². The van der Waals surface area contributed by atoms with Crippen molar-refractivity contribution in [3.63, 3.8) is 0 Å². The van der Waals surface area contributed by atoms with Gasteiger partial charge in [-0.15, -0.1) is 0 Å². The topological polar surface area (TPSA) is 12.9 Å². The Bertz CT molecular complexity index is 3220. The first-order valence-electron chi connectivity index (χ1n) is 22.3. The lowest BCUT2D eigenvalue weighted by Gasteiger charge is -2.34. The molecule has 0 aliphatic heterocycles. The molecular formula is C63H41N. The summed E-state index contributed by atoms with van der Waals surface area (Å²) in [5.41, 5.74) is 19.2. The van der Waals surface area contributed by atoms with Crippen LogP contribution in [0.2, 0.25) is 0 Å². The largest absolute Gasteiger partial charge is 0.264 e. The molecule has 0 saturated carbocycles. The average molecular weight is 812 g/mol. The second-order valence-electron chi connectivity index (χ2n) is 17.3. The third-order valence-electron chi connectivity index (χ3n) is 14.3. The summed E-state index contributed by atoms with van der Waals surface area (Å²) in [6.07, 6.45) is 4.05. The highest BCUT2D eigenvalue weighted by molar-refractivity contribution is 6.21. The van der Waals surface area contributed by atoms with E-state index in [2.05, 4.69) is 243 Å². The van der Waals surface area contributed by atoms with Gasteiger partial charge in [0.05, 0.1) is 10.8 Å². The summed E-state index contributed by atoms with van der Waals surface area (Å²) in [6, 6.07) is 88.0. The van der Waals surface area contributed by atoms with Gasteiger partial charge in [-0.05, 0) is 123 Å². The molecule has 0 amide bonds. The predicted octanol–water partition coefficient (Wildman–Crippen LogP) is 15.4. The van der Waals surface area contributed by atoms with Gasteiger partial charge < -0.3 is 0 Å². The first-order valence-corrected chi connectivity index (χ1v) is 22.3. The van der Waals surface area contributed by atoms with E-state index in [0.29, 0.717) is 0 Å².